The third-order valence-electron chi connectivity index (χ3n) is 0.250. The van der Waals surface area contributed by atoms with E-state index in [0.717, 1.165) is 12.8 Å². The first-order valence-corrected chi connectivity index (χ1v) is 1.50. The van der Waals surface area contributed by atoms with E-state index in [0.29, 0.717) is 0 Å². The van der Waals surface area contributed by atoms with E-state index < -0.39 is 0 Å². The van der Waals surface area contributed by atoms with Crippen molar-refractivity contribution >= 4 is 0 Å². The van der Waals surface area contributed by atoms with Gasteiger partial charge in [-0.1, -0.05) is 0 Å². The van der Waals surface area contributed by atoms with Crippen molar-refractivity contribution < 1.29 is 26.2 Å². The molecule has 0 aromatic heterocycles. The van der Waals surface area contributed by atoms with Crippen molar-refractivity contribution in [2.75, 3.05) is 0 Å². The summed E-state index contributed by atoms with van der Waals surface area (Å²) in [5.74, 6) is 0. The van der Waals surface area contributed by atoms with Crippen LogP contribution < -0.4 is 0 Å². The number of unbranched alkanes of at least 4 members (excludes halogenated alkanes) is 1. The van der Waals surface area contributed by atoms with Crippen LogP contribution in [-0.2, 0) is 26.2 Å². The van der Waals surface area contributed by atoms with E-state index in [1.54, 1.807) is 0 Å². The number of hydrogen-bond donors (Lipinski definition) is 0. The normalized spacial score (nSPS) is 4.29. The number of hydrogen-bond acceptors (Lipinski definition) is 0. The van der Waals surface area contributed by atoms with Crippen LogP contribution in [0.2, 0.25) is 0 Å². The first-order valence-electron chi connectivity index (χ1n) is 1.50. The van der Waals surface area contributed by atoms with Crippen LogP contribution in [0.15, 0.2) is 0 Å². The van der Waals surface area contributed by atoms with E-state index in [-0.39, 0.29) is 41.1 Å². The Morgan fingerprint density at radius 1 is 0.857 bits per heavy atom. The third kappa shape index (κ3) is 46.3. The van der Waals surface area contributed by atoms with Gasteiger partial charge in [-0.15, -0.1) is 0 Å². The molecule has 0 atom stereocenters. The van der Waals surface area contributed by atoms with E-state index in [9.17, 15) is 0 Å². The fourth-order valence-electron chi connectivity index (χ4n) is 0. The Hall–Kier alpha value is 0.883. The first-order chi connectivity index (χ1) is 1.91. The second-order valence-corrected chi connectivity index (χ2v) is 0.707. The Labute approximate surface area is 67.8 Å². The Morgan fingerprint density at radius 2 is 1.00 bits per heavy atom. The first kappa shape index (κ1) is 24.8. The fourth-order valence-corrected chi connectivity index (χ4v) is 0. The summed E-state index contributed by atoms with van der Waals surface area (Å²) in [6, 6.07) is 0. The van der Waals surface area contributed by atoms with Crippen LogP contribution in [0.3, 0.4) is 0 Å². The standard InChI is InChI=1S/C4H8.2CH3.Zr/c1-3-4-2;;;/h1-4H2;2*1H3;/q-2;2*-1;+4. The van der Waals surface area contributed by atoms with Crippen LogP contribution in [0.1, 0.15) is 12.8 Å². The van der Waals surface area contributed by atoms with Gasteiger partial charge >= 0.3 is 26.2 Å². The second kappa shape index (κ2) is 28.7. The van der Waals surface area contributed by atoms with Crippen molar-refractivity contribution in [3.63, 3.8) is 0 Å². The van der Waals surface area contributed by atoms with Gasteiger partial charge in [-0.25, -0.2) is 12.8 Å². The maximum atomic E-state index is 3.54. The fraction of sp³-hybridized carbons (Fsp3) is 0.333. The van der Waals surface area contributed by atoms with Gasteiger partial charge in [-0.3, -0.25) is 0 Å². The molecule has 0 saturated heterocycles. The van der Waals surface area contributed by atoms with Crippen LogP contribution in [0.4, 0.5) is 0 Å². The van der Waals surface area contributed by atoms with Crippen molar-refractivity contribution in [2.45, 2.75) is 12.8 Å². The van der Waals surface area contributed by atoms with Crippen molar-refractivity contribution in [3.8, 4) is 0 Å². The Kier molecular flexibility index (Phi) is 101. The SMILES string of the molecule is [CH2-]CC[CH2-].[CH3-].[CH3-].[Zr+4]. The van der Waals surface area contributed by atoms with Crippen molar-refractivity contribution in [3.05, 3.63) is 28.7 Å². The van der Waals surface area contributed by atoms with Gasteiger partial charge in [0.25, 0.3) is 0 Å². The molecule has 0 N–H and O–H groups in total. The molecule has 0 saturated carbocycles. The minimum Gasteiger partial charge on any atom is -0.358 e. The van der Waals surface area contributed by atoms with E-state index in [1.807, 2.05) is 0 Å². The Balaban J connectivity index is -0.0000000150. The van der Waals surface area contributed by atoms with Crippen molar-refractivity contribution in [1.29, 1.82) is 0 Å². The summed E-state index contributed by atoms with van der Waals surface area (Å²) < 4.78 is 0. The van der Waals surface area contributed by atoms with E-state index >= 15 is 0 Å². The molecular weight excluding hydrogens is 163 g/mol. The minimum atomic E-state index is 0. The summed E-state index contributed by atoms with van der Waals surface area (Å²) in [6.45, 7) is 7.08. The van der Waals surface area contributed by atoms with Crippen molar-refractivity contribution in [1.82, 2.24) is 0 Å². The molecule has 0 bridgehead atoms. The van der Waals surface area contributed by atoms with Crippen molar-refractivity contribution in [2.24, 2.45) is 0 Å². The molecule has 1 heteroatoms. The molecule has 7 heavy (non-hydrogen) atoms. The summed E-state index contributed by atoms with van der Waals surface area (Å²) >= 11 is 0. The third-order valence-corrected chi connectivity index (χ3v) is 0.250. The minimum absolute atomic E-state index is 0. The molecule has 0 aliphatic heterocycles. The van der Waals surface area contributed by atoms with Gasteiger partial charge in [-0.2, -0.15) is 0 Å². The molecule has 0 aromatic carbocycles. The maximum absolute atomic E-state index is 3.54. The molecule has 0 fully saturated rings. The van der Waals surface area contributed by atoms with Gasteiger partial charge in [0.2, 0.25) is 0 Å². The summed E-state index contributed by atoms with van der Waals surface area (Å²) in [4.78, 5) is 0. The van der Waals surface area contributed by atoms with Gasteiger partial charge in [0, 0.05) is 0 Å². The second-order valence-electron chi connectivity index (χ2n) is 0.707. The van der Waals surface area contributed by atoms with Crippen LogP contribution in [0, 0.1) is 28.7 Å². The molecule has 0 spiro atoms. The molecule has 0 rings (SSSR count). The predicted molar refractivity (Wildman–Crippen MR) is 32.8 cm³/mol. The zero-order valence-electron chi connectivity index (χ0n) is 5.33. The predicted octanol–water partition coefficient (Wildman–Crippen LogP) is 2.33. The van der Waals surface area contributed by atoms with Gasteiger partial charge in [0.05, 0.1) is 0 Å². The quantitative estimate of drug-likeness (QED) is 0.539. The molecule has 0 aliphatic rings. The summed E-state index contributed by atoms with van der Waals surface area (Å²) in [7, 11) is 0. The van der Waals surface area contributed by atoms with Gasteiger partial charge in [0.15, 0.2) is 0 Å². The molecule has 0 radical (unpaired) electrons. The largest absolute Gasteiger partial charge is 4.00 e. The summed E-state index contributed by atoms with van der Waals surface area (Å²) in [5, 5.41) is 0. The topological polar surface area (TPSA) is 0 Å². The summed E-state index contributed by atoms with van der Waals surface area (Å²) in [5.41, 5.74) is 0. The van der Waals surface area contributed by atoms with Crippen LogP contribution in [-0.4, -0.2) is 0 Å². The molecule has 0 heterocycles. The molecule has 0 amide bonds. The van der Waals surface area contributed by atoms with Gasteiger partial charge in [0.1, 0.15) is 0 Å². The molecular formula is C6H14Zr. The molecule has 0 unspecified atom stereocenters. The maximum Gasteiger partial charge on any atom is 4.00 e. The zero-order valence-corrected chi connectivity index (χ0v) is 7.79. The Bertz CT molecular complexity index is 6.14. The molecule has 0 aromatic rings. The Morgan fingerprint density at radius 3 is 1.00 bits per heavy atom. The summed E-state index contributed by atoms with van der Waals surface area (Å²) in [6.07, 6.45) is 1.92. The molecule has 0 aliphatic carbocycles. The van der Waals surface area contributed by atoms with E-state index in [4.69, 9.17) is 0 Å². The van der Waals surface area contributed by atoms with Crippen LogP contribution in [0.5, 0.6) is 0 Å². The zero-order chi connectivity index (χ0) is 3.41. The number of rotatable bonds is 1. The molecule has 42 valence electrons. The van der Waals surface area contributed by atoms with Crippen LogP contribution in [0.25, 0.3) is 0 Å². The van der Waals surface area contributed by atoms with Gasteiger partial charge < -0.3 is 28.7 Å². The van der Waals surface area contributed by atoms with Crippen LogP contribution >= 0.6 is 0 Å². The monoisotopic (exact) mass is 176 g/mol. The van der Waals surface area contributed by atoms with E-state index in [1.165, 1.54) is 0 Å². The van der Waals surface area contributed by atoms with Gasteiger partial charge in [-0.05, 0) is 0 Å². The average Bonchev–Trinajstić information content (AvgIpc) is 1.37. The average molecular weight is 177 g/mol. The molecule has 0 nitrogen and oxygen atoms in total. The smallest absolute Gasteiger partial charge is 0.358 e. The van der Waals surface area contributed by atoms with E-state index in [2.05, 4.69) is 13.8 Å².